The first-order valence-electron chi connectivity index (χ1n) is 9.92. The molecule has 158 valence electrons. The van der Waals surface area contributed by atoms with Crippen molar-refractivity contribution in [3.63, 3.8) is 0 Å². The first-order chi connectivity index (χ1) is 14.5. The van der Waals surface area contributed by atoms with Gasteiger partial charge in [-0.1, -0.05) is 12.1 Å². The van der Waals surface area contributed by atoms with Crippen molar-refractivity contribution < 1.29 is 18.3 Å². The van der Waals surface area contributed by atoms with Crippen LogP contribution in [0.15, 0.2) is 53.4 Å². The van der Waals surface area contributed by atoms with E-state index in [1.165, 1.54) is 12.1 Å². The van der Waals surface area contributed by atoms with Gasteiger partial charge in [0.05, 0.1) is 28.6 Å². The highest BCUT2D eigenvalue weighted by Gasteiger charge is 2.25. The number of rotatable bonds is 6. The van der Waals surface area contributed by atoms with E-state index in [1.54, 1.807) is 18.2 Å². The van der Waals surface area contributed by atoms with Crippen molar-refractivity contribution in [1.82, 2.24) is 9.97 Å². The highest BCUT2D eigenvalue weighted by molar-refractivity contribution is 7.92. The highest BCUT2D eigenvalue weighted by atomic mass is 32.2. The summed E-state index contributed by atoms with van der Waals surface area (Å²) in [6.07, 6.45) is 0.845. The smallest absolute Gasteiger partial charge is 0.263 e. The predicted molar refractivity (Wildman–Crippen MR) is 115 cm³/mol. The van der Waals surface area contributed by atoms with Crippen LogP contribution in [0.25, 0.3) is 11.0 Å². The quantitative estimate of drug-likeness (QED) is 0.622. The molecule has 1 aliphatic heterocycles. The summed E-state index contributed by atoms with van der Waals surface area (Å²) >= 11 is 0. The number of fused-ring (bicyclic) bond motifs is 1. The van der Waals surface area contributed by atoms with Gasteiger partial charge >= 0.3 is 0 Å². The SMILES string of the molecule is CCOc1ccc(S(=O)(=O)Nc2nc3ccccc3nc2N2CCC(O)CC2)cc1. The van der Waals surface area contributed by atoms with E-state index in [0.717, 1.165) is 0 Å². The third-order valence-electron chi connectivity index (χ3n) is 4.99. The van der Waals surface area contributed by atoms with Crippen molar-refractivity contribution in [2.75, 3.05) is 29.3 Å². The molecule has 2 heterocycles. The lowest BCUT2D eigenvalue weighted by molar-refractivity contribution is 0.145. The van der Waals surface area contributed by atoms with Crippen LogP contribution in [0.4, 0.5) is 11.6 Å². The number of sulfonamides is 1. The Balaban J connectivity index is 1.70. The van der Waals surface area contributed by atoms with Crippen molar-refractivity contribution in [1.29, 1.82) is 0 Å². The number of aliphatic hydroxyl groups excluding tert-OH is 1. The molecule has 2 N–H and O–H groups in total. The van der Waals surface area contributed by atoms with Crippen LogP contribution in [-0.4, -0.2) is 49.3 Å². The van der Waals surface area contributed by atoms with Gasteiger partial charge in [0.1, 0.15) is 5.75 Å². The number of benzene rings is 2. The molecule has 1 aliphatic rings. The van der Waals surface area contributed by atoms with Gasteiger partial charge in [-0.05, 0) is 56.2 Å². The molecule has 0 aliphatic carbocycles. The molecule has 3 aromatic rings. The van der Waals surface area contributed by atoms with E-state index in [1.807, 2.05) is 30.0 Å². The maximum atomic E-state index is 13.0. The molecule has 30 heavy (non-hydrogen) atoms. The largest absolute Gasteiger partial charge is 0.494 e. The van der Waals surface area contributed by atoms with Crippen LogP contribution in [0.2, 0.25) is 0 Å². The second-order valence-corrected chi connectivity index (χ2v) is 8.80. The molecule has 9 heteroatoms. The fraction of sp³-hybridized carbons (Fsp3) is 0.333. The molecule has 0 unspecified atom stereocenters. The molecule has 1 fully saturated rings. The van der Waals surface area contributed by atoms with Crippen molar-refractivity contribution in [2.24, 2.45) is 0 Å². The number of aliphatic hydroxyl groups is 1. The minimum Gasteiger partial charge on any atom is -0.494 e. The van der Waals surface area contributed by atoms with Crippen molar-refractivity contribution in [3.8, 4) is 5.75 Å². The van der Waals surface area contributed by atoms with E-state index in [-0.39, 0.29) is 16.8 Å². The molecular formula is C21H24N4O4S. The molecule has 0 bridgehead atoms. The van der Waals surface area contributed by atoms with Crippen LogP contribution in [0, 0.1) is 0 Å². The highest BCUT2D eigenvalue weighted by Crippen LogP contribution is 2.29. The summed E-state index contributed by atoms with van der Waals surface area (Å²) in [6.45, 7) is 3.52. The second kappa shape index (κ2) is 8.45. The zero-order chi connectivity index (χ0) is 21.1. The Hall–Kier alpha value is -2.91. The number of aromatic nitrogens is 2. The van der Waals surface area contributed by atoms with Gasteiger partial charge in [-0.15, -0.1) is 0 Å². The van der Waals surface area contributed by atoms with E-state index in [4.69, 9.17) is 4.74 Å². The van der Waals surface area contributed by atoms with Gasteiger partial charge in [-0.3, -0.25) is 4.72 Å². The lowest BCUT2D eigenvalue weighted by Crippen LogP contribution is -2.37. The number of nitrogens with one attached hydrogen (secondary N) is 1. The average Bonchev–Trinajstić information content (AvgIpc) is 2.74. The van der Waals surface area contributed by atoms with Gasteiger partial charge in [0.2, 0.25) is 0 Å². The molecule has 0 amide bonds. The van der Waals surface area contributed by atoms with Gasteiger partial charge in [-0.25, -0.2) is 18.4 Å². The van der Waals surface area contributed by atoms with E-state index in [0.29, 0.717) is 55.1 Å². The summed E-state index contributed by atoms with van der Waals surface area (Å²) in [6, 6.07) is 13.6. The Bertz CT molecular complexity index is 1130. The summed E-state index contributed by atoms with van der Waals surface area (Å²) in [4.78, 5) is 11.3. The monoisotopic (exact) mass is 428 g/mol. The number of piperidine rings is 1. The van der Waals surface area contributed by atoms with Crippen LogP contribution < -0.4 is 14.4 Å². The lowest BCUT2D eigenvalue weighted by atomic mass is 10.1. The fourth-order valence-electron chi connectivity index (χ4n) is 3.43. The van der Waals surface area contributed by atoms with E-state index < -0.39 is 10.0 Å². The van der Waals surface area contributed by atoms with Gasteiger partial charge < -0.3 is 14.7 Å². The van der Waals surface area contributed by atoms with Crippen LogP contribution in [-0.2, 0) is 10.0 Å². The predicted octanol–water partition coefficient (Wildman–Crippen LogP) is 2.79. The first kappa shape index (κ1) is 20.4. The Kier molecular flexibility index (Phi) is 5.74. The molecule has 1 aromatic heterocycles. The molecular weight excluding hydrogens is 404 g/mol. The third kappa shape index (κ3) is 4.31. The Morgan fingerprint density at radius 2 is 1.70 bits per heavy atom. The summed E-state index contributed by atoms with van der Waals surface area (Å²) in [7, 11) is -3.87. The number of hydrogen-bond acceptors (Lipinski definition) is 7. The standard InChI is InChI=1S/C21H24N4O4S/c1-2-29-16-7-9-17(10-8-16)30(27,28)24-20-21(25-13-11-15(26)12-14-25)23-19-6-4-3-5-18(19)22-20/h3-10,15,26H,2,11-14H2,1H3,(H,22,24). The van der Waals surface area contributed by atoms with Gasteiger partial charge in [0.15, 0.2) is 11.6 Å². The number of ether oxygens (including phenoxy) is 1. The Morgan fingerprint density at radius 1 is 1.07 bits per heavy atom. The van der Waals surface area contributed by atoms with Crippen molar-refractivity contribution in [2.45, 2.75) is 30.8 Å². The van der Waals surface area contributed by atoms with Gasteiger partial charge in [0, 0.05) is 13.1 Å². The fourth-order valence-corrected chi connectivity index (χ4v) is 4.43. The molecule has 2 aromatic carbocycles. The minimum atomic E-state index is -3.87. The zero-order valence-electron chi connectivity index (χ0n) is 16.7. The molecule has 0 atom stereocenters. The number of anilines is 2. The Morgan fingerprint density at radius 3 is 2.33 bits per heavy atom. The van der Waals surface area contributed by atoms with E-state index >= 15 is 0 Å². The summed E-state index contributed by atoms with van der Waals surface area (Å²) < 4.78 is 34.0. The summed E-state index contributed by atoms with van der Waals surface area (Å²) in [5, 5.41) is 9.83. The molecule has 8 nitrogen and oxygen atoms in total. The Labute approximate surface area is 175 Å². The minimum absolute atomic E-state index is 0.112. The maximum Gasteiger partial charge on any atom is 0.263 e. The van der Waals surface area contributed by atoms with Gasteiger partial charge in [0.25, 0.3) is 10.0 Å². The summed E-state index contributed by atoms with van der Waals surface area (Å²) in [5.74, 6) is 1.25. The second-order valence-electron chi connectivity index (χ2n) is 7.11. The molecule has 1 saturated heterocycles. The number of para-hydroxylation sites is 2. The van der Waals surface area contributed by atoms with Crippen LogP contribution >= 0.6 is 0 Å². The third-order valence-corrected chi connectivity index (χ3v) is 6.35. The molecule has 4 rings (SSSR count). The average molecular weight is 429 g/mol. The van der Waals surface area contributed by atoms with Crippen molar-refractivity contribution >= 4 is 32.7 Å². The number of nitrogens with zero attached hydrogens (tertiary/aromatic N) is 3. The summed E-state index contributed by atoms with van der Waals surface area (Å²) in [5.41, 5.74) is 1.28. The zero-order valence-corrected chi connectivity index (χ0v) is 17.5. The van der Waals surface area contributed by atoms with E-state index in [9.17, 15) is 13.5 Å². The molecule has 0 saturated carbocycles. The molecule has 0 spiro atoms. The number of hydrogen-bond donors (Lipinski definition) is 2. The maximum absolute atomic E-state index is 13.0. The van der Waals surface area contributed by atoms with E-state index in [2.05, 4.69) is 14.7 Å². The normalized spacial score (nSPS) is 15.3. The van der Waals surface area contributed by atoms with Crippen LogP contribution in [0.1, 0.15) is 19.8 Å². The first-order valence-corrected chi connectivity index (χ1v) is 11.4. The van der Waals surface area contributed by atoms with Crippen LogP contribution in [0.3, 0.4) is 0 Å². The molecule has 0 radical (unpaired) electrons. The lowest BCUT2D eigenvalue weighted by Gasteiger charge is -2.31. The van der Waals surface area contributed by atoms with Gasteiger partial charge in [-0.2, -0.15) is 0 Å². The van der Waals surface area contributed by atoms with Crippen molar-refractivity contribution in [3.05, 3.63) is 48.5 Å². The van der Waals surface area contributed by atoms with Crippen LogP contribution in [0.5, 0.6) is 5.75 Å². The topological polar surface area (TPSA) is 105 Å².